The first kappa shape index (κ1) is 12.8. The molecule has 1 amide bonds. The summed E-state index contributed by atoms with van der Waals surface area (Å²) in [5, 5.41) is 8.12. The van der Waals surface area contributed by atoms with Gasteiger partial charge in [0.1, 0.15) is 0 Å². The molecule has 0 atom stereocenters. The van der Waals surface area contributed by atoms with Crippen LogP contribution in [0.1, 0.15) is 27.0 Å². The minimum absolute atomic E-state index is 0.0272. The maximum Gasteiger partial charge on any atom is 0.252 e. The van der Waals surface area contributed by atoms with Crippen LogP contribution in [0.2, 0.25) is 0 Å². The number of carbonyl (C=O) groups excluding carboxylic acids is 1. The van der Waals surface area contributed by atoms with Crippen LogP contribution < -0.4 is 10.6 Å². The van der Waals surface area contributed by atoms with E-state index in [1.165, 1.54) is 22.5 Å². The normalized spacial score (nSPS) is 13.3. The molecule has 2 heterocycles. The third kappa shape index (κ3) is 2.88. The summed E-state index contributed by atoms with van der Waals surface area (Å²) >= 11 is 4.88. The van der Waals surface area contributed by atoms with Crippen LogP contribution in [0.5, 0.6) is 0 Å². The molecule has 5 heteroatoms. The van der Waals surface area contributed by atoms with Crippen molar-refractivity contribution >= 4 is 33.2 Å². The molecule has 0 fully saturated rings. The smallest absolute Gasteiger partial charge is 0.252 e. The van der Waals surface area contributed by atoms with Crippen molar-refractivity contribution in [2.45, 2.75) is 19.6 Å². The van der Waals surface area contributed by atoms with Crippen LogP contribution in [0.4, 0.5) is 0 Å². The van der Waals surface area contributed by atoms with Gasteiger partial charge in [0.15, 0.2) is 0 Å². The van der Waals surface area contributed by atoms with E-state index in [1.807, 2.05) is 11.4 Å². The van der Waals surface area contributed by atoms with Crippen molar-refractivity contribution in [3.8, 4) is 0 Å². The van der Waals surface area contributed by atoms with Crippen LogP contribution in [0.25, 0.3) is 0 Å². The molecule has 2 aromatic rings. The Labute approximate surface area is 124 Å². The molecule has 98 valence electrons. The molecule has 1 aliphatic rings. The second kappa shape index (κ2) is 5.45. The van der Waals surface area contributed by atoms with Crippen LogP contribution in [0.3, 0.4) is 0 Å². The first-order chi connectivity index (χ1) is 9.22. The number of fused-ring (bicyclic) bond motifs is 1. The Kier molecular flexibility index (Phi) is 3.68. The Morgan fingerprint density at radius 3 is 2.95 bits per heavy atom. The van der Waals surface area contributed by atoms with Gasteiger partial charge in [-0.2, -0.15) is 0 Å². The Morgan fingerprint density at radius 2 is 2.16 bits per heavy atom. The highest BCUT2D eigenvalue weighted by atomic mass is 79.9. The minimum Gasteiger partial charge on any atom is -0.348 e. The predicted octanol–water partition coefficient (Wildman–Crippen LogP) is 3.04. The molecule has 0 spiro atoms. The lowest BCUT2D eigenvalue weighted by atomic mass is 10.1. The SMILES string of the molecule is O=C(NCc1ccc2c(c1)CNC2)c1csc(Br)c1. The molecule has 0 unspecified atom stereocenters. The average molecular weight is 337 g/mol. The van der Waals surface area contributed by atoms with Gasteiger partial charge in [0.25, 0.3) is 5.91 Å². The fourth-order valence-corrected chi connectivity index (χ4v) is 3.31. The van der Waals surface area contributed by atoms with Gasteiger partial charge in [-0.25, -0.2) is 0 Å². The summed E-state index contributed by atoms with van der Waals surface area (Å²) < 4.78 is 0.973. The Hall–Kier alpha value is -1.17. The van der Waals surface area contributed by atoms with Crippen LogP contribution in [-0.2, 0) is 19.6 Å². The van der Waals surface area contributed by atoms with Gasteiger partial charge in [0.05, 0.1) is 9.35 Å². The largest absolute Gasteiger partial charge is 0.348 e. The molecular weight excluding hydrogens is 324 g/mol. The quantitative estimate of drug-likeness (QED) is 0.904. The van der Waals surface area contributed by atoms with E-state index in [4.69, 9.17) is 0 Å². The van der Waals surface area contributed by atoms with Crippen molar-refractivity contribution in [1.29, 1.82) is 0 Å². The molecule has 0 aliphatic carbocycles. The minimum atomic E-state index is -0.0272. The third-order valence-electron chi connectivity index (χ3n) is 3.18. The van der Waals surface area contributed by atoms with Gasteiger partial charge in [-0.3, -0.25) is 4.79 Å². The van der Waals surface area contributed by atoms with Gasteiger partial charge >= 0.3 is 0 Å². The standard InChI is InChI=1S/C14H13BrN2OS/c15-13-4-12(8-19-13)14(18)17-5-9-1-2-10-6-16-7-11(10)3-9/h1-4,8,16H,5-7H2,(H,17,18). The third-order valence-corrected chi connectivity index (χ3v) is 4.69. The van der Waals surface area contributed by atoms with Crippen molar-refractivity contribution in [2.24, 2.45) is 0 Å². The van der Waals surface area contributed by atoms with E-state index in [0.29, 0.717) is 12.1 Å². The molecule has 3 nitrogen and oxygen atoms in total. The monoisotopic (exact) mass is 336 g/mol. The zero-order valence-corrected chi connectivity index (χ0v) is 12.6. The van der Waals surface area contributed by atoms with Crippen molar-refractivity contribution in [3.05, 3.63) is 55.7 Å². The second-order valence-electron chi connectivity index (χ2n) is 4.53. The van der Waals surface area contributed by atoms with Gasteiger partial charge in [0, 0.05) is 25.0 Å². The molecule has 0 saturated heterocycles. The molecule has 0 saturated carbocycles. The topological polar surface area (TPSA) is 41.1 Å². The highest BCUT2D eigenvalue weighted by Gasteiger charge is 2.11. The van der Waals surface area contributed by atoms with Crippen LogP contribution in [-0.4, -0.2) is 5.91 Å². The summed E-state index contributed by atoms with van der Waals surface area (Å²) in [6.45, 7) is 2.44. The number of halogens is 1. The fourth-order valence-electron chi connectivity index (χ4n) is 2.17. The van der Waals surface area contributed by atoms with E-state index >= 15 is 0 Å². The number of amides is 1. The van der Waals surface area contributed by atoms with E-state index in [-0.39, 0.29) is 5.91 Å². The maximum absolute atomic E-state index is 11.9. The van der Waals surface area contributed by atoms with Crippen molar-refractivity contribution in [3.63, 3.8) is 0 Å². The van der Waals surface area contributed by atoms with Crippen LogP contribution >= 0.6 is 27.3 Å². The number of nitrogens with one attached hydrogen (secondary N) is 2. The summed E-state index contributed by atoms with van der Waals surface area (Å²) in [7, 11) is 0. The Bertz CT molecular complexity index is 624. The molecule has 1 aliphatic heterocycles. The molecule has 1 aromatic carbocycles. The Morgan fingerprint density at radius 1 is 1.32 bits per heavy atom. The molecular formula is C14H13BrN2OS. The van der Waals surface area contributed by atoms with Crippen molar-refractivity contribution in [2.75, 3.05) is 0 Å². The van der Waals surface area contributed by atoms with Gasteiger partial charge < -0.3 is 10.6 Å². The summed E-state index contributed by atoms with van der Waals surface area (Å²) in [6.07, 6.45) is 0. The lowest BCUT2D eigenvalue weighted by Crippen LogP contribution is -2.22. The molecule has 3 rings (SSSR count). The highest BCUT2D eigenvalue weighted by molar-refractivity contribution is 9.11. The van der Waals surface area contributed by atoms with E-state index < -0.39 is 0 Å². The summed E-state index contributed by atoms with van der Waals surface area (Å²) in [5.74, 6) is -0.0272. The first-order valence-corrected chi connectivity index (χ1v) is 7.73. The number of carbonyl (C=O) groups is 1. The number of hydrogen-bond donors (Lipinski definition) is 2. The fraction of sp³-hybridized carbons (Fsp3) is 0.214. The number of hydrogen-bond acceptors (Lipinski definition) is 3. The summed E-state index contributed by atoms with van der Waals surface area (Å²) in [5.41, 5.74) is 4.55. The summed E-state index contributed by atoms with van der Waals surface area (Å²) in [4.78, 5) is 11.9. The van der Waals surface area contributed by atoms with E-state index in [0.717, 1.165) is 22.4 Å². The molecule has 1 aromatic heterocycles. The van der Waals surface area contributed by atoms with Gasteiger partial charge in [0.2, 0.25) is 0 Å². The van der Waals surface area contributed by atoms with E-state index in [1.54, 1.807) is 0 Å². The molecule has 0 radical (unpaired) electrons. The number of rotatable bonds is 3. The summed E-state index contributed by atoms with van der Waals surface area (Å²) in [6, 6.07) is 8.22. The van der Waals surface area contributed by atoms with Crippen molar-refractivity contribution < 1.29 is 4.79 Å². The number of thiophene rings is 1. The highest BCUT2D eigenvalue weighted by Crippen LogP contribution is 2.21. The Balaban J connectivity index is 1.64. The molecule has 2 N–H and O–H groups in total. The second-order valence-corrected chi connectivity index (χ2v) is 6.82. The molecule has 0 bridgehead atoms. The predicted molar refractivity (Wildman–Crippen MR) is 80.2 cm³/mol. The van der Waals surface area contributed by atoms with Crippen LogP contribution in [0.15, 0.2) is 33.4 Å². The lowest BCUT2D eigenvalue weighted by Gasteiger charge is -2.06. The zero-order chi connectivity index (χ0) is 13.2. The average Bonchev–Trinajstić information content (AvgIpc) is 3.03. The first-order valence-electron chi connectivity index (χ1n) is 6.06. The maximum atomic E-state index is 11.9. The van der Waals surface area contributed by atoms with Gasteiger partial charge in [-0.05, 0) is 38.7 Å². The zero-order valence-electron chi connectivity index (χ0n) is 10.2. The van der Waals surface area contributed by atoms with Crippen molar-refractivity contribution in [1.82, 2.24) is 10.6 Å². The van der Waals surface area contributed by atoms with Gasteiger partial charge in [-0.1, -0.05) is 18.2 Å². The molecule has 19 heavy (non-hydrogen) atoms. The lowest BCUT2D eigenvalue weighted by molar-refractivity contribution is 0.0951. The van der Waals surface area contributed by atoms with E-state index in [9.17, 15) is 4.79 Å². The van der Waals surface area contributed by atoms with Gasteiger partial charge in [-0.15, -0.1) is 11.3 Å². The van der Waals surface area contributed by atoms with E-state index in [2.05, 4.69) is 44.8 Å². The number of benzene rings is 1. The van der Waals surface area contributed by atoms with Crippen LogP contribution in [0, 0.1) is 0 Å².